The number of nitrogens with zero attached hydrogens (tertiary/aromatic N) is 5. The summed E-state index contributed by atoms with van der Waals surface area (Å²) in [7, 11) is 2.09. The van der Waals surface area contributed by atoms with Crippen LogP contribution in [0.1, 0.15) is 43.5 Å². The van der Waals surface area contributed by atoms with E-state index in [1.807, 2.05) is 16.5 Å². The highest BCUT2D eigenvalue weighted by Crippen LogP contribution is 2.19. The van der Waals surface area contributed by atoms with Gasteiger partial charge in [-0.2, -0.15) is 0 Å². The molecule has 0 spiro atoms. The second kappa shape index (κ2) is 11.5. The Morgan fingerprint density at radius 2 is 2.06 bits per heavy atom. The maximum atomic E-state index is 12.9. The number of aliphatic hydroxyl groups excluding tert-OH is 1. The molecule has 32 heavy (non-hydrogen) atoms. The summed E-state index contributed by atoms with van der Waals surface area (Å²) in [4.78, 5) is 17.0. The van der Waals surface area contributed by atoms with Gasteiger partial charge in [0, 0.05) is 38.5 Å². The van der Waals surface area contributed by atoms with Crippen molar-refractivity contribution in [3.8, 4) is 0 Å². The van der Waals surface area contributed by atoms with E-state index in [9.17, 15) is 9.90 Å². The van der Waals surface area contributed by atoms with E-state index in [-0.39, 0.29) is 30.6 Å². The lowest BCUT2D eigenvalue weighted by Crippen LogP contribution is -2.47. The van der Waals surface area contributed by atoms with Crippen molar-refractivity contribution in [2.45, 2.75) is 65.5 Å². The maximum Gasteiger partial charge on any atom is 0.222 e. The molecule has 176 valence electrons. The zero-order valence-corrected chi connectivity index (χ0v) is 19.8. The number of benzene rings is 1. The fourth-order valence-corrected chi connectivity index (χ4v) is 4.12. The summed E-state index contributed by atoms with van der Waals surface area (Å²) in [5, 5.41) is 17.9. The van der Waals surface area contributed by atoms with Crippen molar-refractivity contribution in [3.63, 3.8) is 0 Å². The Morgan fingerprint density at radius 1 is 1.31 bits per heavy atom. The monoisotopic (exact) mass is 443 g/mol. The Morgan fingerprint density at radius 3 is 2.78 bits per heavy atom. The van der Waals surface area contributed by atoms with Crippen LogP contribution in [0.5, 0.6) is 0 Å². The third kappa shape index (κ3) is 6.60. The molecule has 0 fully saturated rings. The van der Waals surface area contributed by atoms with E-state index in [1.165, 1.54) is 11.1 Å². The van der Waals surface area contributed by atoms with Gasteiger partial charge in [0.05, 0.1) is 37.3 Å². The molecule has 2 aromatic rings. The quantitative estimate of drug-likeness (QED) is 0.737. The van der Waals surface area contributed by atoms with Gasteiger partial charge in [-0.3, -0.25) is 9.69 Å². The fraction of sp³-hybridized carbons (Fsp3) is 0.625. The lowest BCUT2D eigenvalue weighted by atomic mass is 10.0. The van der Waals surface area contributed by atoms with Crippen LogP contribution < -0.4 is 0 Å². The second-order valence-electron chi connectivity index (χ2n) is 9.14. The molecular weight excluding hydrogens is 406 g/mol. The van der Waals surface area contributed by atoms with Crippen molar-refractivity contribution in [2.75, 3.05) is 26.7 Å². The van der Waals surface area contributed by atoms with Crippen LogP contribution >= 0.6 is 0 Å². The molecule has 8 nitrogen and oxygen atoms in total. The molecule has 1 aromatic heterocycles. The highest BCUT2D eigenvalue weighted by Gasteiger charge is 2.28. The number of hydrogen-bond acceptors (Lipinski definition) is 6. The minimum Gasteiger partial charge on any atom is -0.394 e. The highest BCUT2D eigenvalue weighted by molar-refractivity contribution is 5.76. The smallest absolute Gasteiger partial charge is 0.222 e. The molecule has 1 aliphatic rings. The summed E-state index contributed by atoms with van der Waals surface area (Å²) < 4.78 is 8.22. The van der Waals surface area contributed by atoms with Gasteiger partial charge >= 0.3 is 0 Å². The van der Waals surface area contributed by atoms with Crippen LogP contribution in [-0.4, -0.2) is 74.7 Å². The number of rotatable bonds is 6. The predicted octanol–water partition coefficient (Wildman–Crippen LogP) is 2.24. The molecule has 1 aliphatic heterocycles. The predicted molar refractivity (Wildman–Crippen MR) is 123 cm³/mol. The van der Waals surface area contributed by atoms with Gasteiger partial charge in [0.25, 0.3) is 0 Å². The van der Waals surface area contributed by atoms with Gasteiger partial charge in [0.1, 0.15) is 0 Å². The Bertz CT molecular complexity index is 854. The average Bonchev–Trinajstić information content (AvgIpc) is 3.22. The molecule has 3 atom stereocenters. The zero-order valence-electron chi connectivity index (χ0n) is 19.8. The Kier molecular flexibility index (Phi) is 8.78. The zero-order chi connectivity index (χ0) is 23.1. The minimum absolute atomic E-state index is 0.0511. The Hall–Kier alpha value is -2.29. The number of carbonyl (C=O) groups excluding carboxylic acids is 1. The number of aryl methyl sites for hydroxylation is 2. The number of hydrogen-bond donors (Lipinski definition) is 1. The first kappa shape index (κ1) is 24.4. The SMILES string of the molecule is Cc1ccc(CN(C)C[C@@H]2OCc3cnnn3CCCC(=O)N([C@@H](C)CO)C[C@@H]2C)cc1. The van der Waals surface area contributed by atoms with Crippen LogP contribution in [0.2, 0.25) is 0 Å². The first-order chi connectivity index (χ1) is 15.4. The Balaban J connectivity index is 1.76. The number of carbonyl (C=O) groups is 1. The van der Waals surface area contributed by atoms with Crippen LogP contribution in [0.15, 0.2) is 30.5 Å². The molecule has 8 heteroatoms. The molecule has 0 unspecified atom stereocenters. The largest absolute Gasteiger partial charge is 0.394 e. The van der Waals surface area contributed by atoms with Gasteiger partial charge in [-0.1, -0.05) is 42.0 Å². The molecule has 0 radical (unpaired) electrons. The van der Waals surface area contributed by atoms with Gasteiger partial charge in [-0.05, 0) is 32.9 Å². The van der Waals surface area contributed by atoms with Crippen molar-refractivity contribution >= 4 is 5.91 Å². The molecule has 3 rings (SSSR count). The van der Waals surface area contributed by atoms with E-state index in [2.05, 4.69) is 60.4 Å². The van der Waals surface area contributed by atoms with Crippen LogP contribution in [0, 0.1) is 12.8 Å². The lowest BCUT2D eigenvalue weighted by Gasteiger charge is -2.35. The number of aliphatic hydroxyl groups is 1. The van der Waals surface area contributed by atoms with Crippen molar-refractivity contribution in [1.29, 1.82) is 0 Å². The number of likely N-dealkylation sites (N-methyl/N-ethyl adjacent to an activating group) is 1. The molecule has 0 saturated heterocycles. The van der Waals surface area contributed by atoms with Gasteiger partial charge in [0.15, 0.2) is 0 Å². The van der Waals surface area contributed by atoms with Crippen molar-refractivity contribution in [2.24, 2.45) is 5.92 Å². The summed E-state index contributed by atoms with van der Waals surface area (Å²) in [6.45, 7) is 9.22. The first-order valence-corrected chi connectivity index (χ1v) is 11.5. The minimum atomic E-state index is -0.222. The normalized spacial score (nSPS) is 21.7. The molecule has 0 bridgehead atoms. The van der Waals surface area contributed by atoms with E-state index >= 15 is 0 Å². The molecule has 0 aliphatic carbocycles. The molecule has 1 aromatic carbocycles. The van der Waals surface area contributed by atoms with Gasteiger partial charge in [-0.15, -0.1) is 5.10 Å². The van der Waals surface area contributed by atoms with Crippen LogP contribution in [0.4, 0.5) is 0 Å². The summed E-state index contributed by atoms with van der Waals surface area (Å²) in [6, 6.07) is 8.36. The standard InChI is InChI=1S/C24H37N5O3/c1-18-7-9-21(10-8-18)14-27(4)15-23-19(2)13-28(20(3)16-30)24(31)6-5-11-29-22(17-32-23)12-25-26-29/h7-10,12,19-20,23,30H,5-6,11,13-17H2,1-4H3/t19-,20-,23-/m0/s1. The van der Waals surface area contributed by atoms with E-state index in [0.29, 0.717) is 32.5 Å². The summed E-state index contributed by atoms with van der Waals surface area (Å²) >= 11 is 0. The maximum absolute atomic E-state index is 12.9. The number of amides is 1. The van der Waals surface area contributed by atoms with Gasteiger partial charge in [-0.25, -0.2) is 4.68 Å². The molecule has 2 heterocycles. The lowest BCUT2D eigenvalue weighted by molar-refractivity contribution is -0.136. The average molecular weight is 444 g/mol. The molecule has 1 N–H and O–H groups in total. The van der Waals surface area contributed by atoms with Crippen LogP contribution in [-0.2, 0) is 29.2 Å². The fourth-order valence-electron chi connectivity index (χ4n) is 4.12. The molecule has 1 amide bonds. The third-order valence-corrected chi connectivity index (χ3v) is 6.20. The molecular formula is C24H37N5O3. The summed E-state index contributed by atoms with van der Waals surface area (Å²) in [5.41, 5.74) is 3.43. The molecule has 0 saturated carbocycles. The van der Waals surface area contributed by atoms with E-state index in [1.54, 1.807) is 6.20 Å². The van der Waals surface area contributed by atoms with Crippen molar-refractivity contribution in [3.05, 3.63) is 47.3 Å². The highest BCUT2D eigenvalue weighted by atomic mass is 16.5. The Labute approximate surface area is 191 Å². The summed E-state index contributed by atoms with van der Waals surface area (Å²) in [5.74, 6) is 0.157. The van der Waals surface area contributed by atoms with Gasteiger partial charge in [0.2, 0.25) is 5.91 Å². The van der Waals surface area contributed by atoms with E-state index < -0.39 is 0 Å². The van der Waals surface area contributed by atoms with Gasteiger partial charge < -0.3 is 14.7 Å². The van der Waals surface area contributed by atoms with E-state index in [0.717, 1.165) is 18.8 Å². The second-order valence-corrected chi connectivity index (χ2v) is 9.14. The number of ether oxygens (including phenoxy) is 1. The number of fused-ring (bicyclic) bond motifs is 1. The van der Waals surface area contributed by atoms with E-state index in [4.69, 9.17) is 4.74 Å². The van der Waals surface area contributed by atoms with Crippen LogP contribution in [0.3, 0.4) is 0 Å². The first-order valence-electron chi connectivity index (χ1n) is 11.5. The number of aromatic nitrogens is 3. The third-order valence-electron chi connectivity index (χ3n) is 6.20. The van der Waals surface area contributed by atoms with Crippen molar-refractivity contribution in [1.82, 2.24) is 24.8 Å². The van der Waals surface area contributed by atoms with Crippen molar-refractivity contribution < 1.29 is 14.6 Å². The summed E-state index contributed by atoms with van der Waals surface area (Å²) in [6.07, 6.45) is 2.76. The topological polar surface area (TPSA) is 83.7 Å². The van der Waals surface area contributed by atoms with Crippen LogP contribution in [0.25, 0.3) is 0 Å².